The van der Waals surface area contributed by atoms with Crippen molar-refractivity contribution in [2.45, 2.75) is 6.61 Å². The molecule has 1 aromatic rings. The summed E-state index contributed by atoms with van der Waals surface area (Å²) in [5.41, 5.74) is 0.888. The number of hydrogen-bond donors (Lipinski definition) is 1. The zero-order valence-electron chi connectivity index (χ0n) is 9.36. The molecule has 2 rings (SSSR count). The van der Waals surface area contributed by atoms with Gasteiger partial charge in [0.05, 0.1) is 6.61 Å². The molecule has 1 aromatic heterocycles. The Kier molecular flexibility index (Phi) is 3.78. The number of aromatic nitrogens is 1. The Morgan fingerprint density at radius 1 is 1.38 bits per heavy atom. The van der Waals surface area contributed by atoms with Gasteiger partial charge in [0.15, 0.2) is 0 Å². The molecule has 0 atom stereocenters. The third kappa shape index (κ3) is 2.53. The van der Waals surface area contributed by atoms with E-state index >= 15 is 0 Å². The maximum Gasteiger partial charge on any atom is 0.134 e. The fourth-order valence-electron chi connectivity index (χ4n) is 1.89. The molecule has 0 radical (unpaired) electrons. The molecule has 0 bridgehead atoms. The Balaban J connectivity index is 2.19. The van der Waals surface area contributed by atoms with Crippen molar-refractivity contribution in [3.05, 3.63) is 22.3 Å². The Labute approximate surface area is 104 Å². The lowest BCUT2D eigenvalue weighted by molar-refractivity contribution is 0.279. The van der Waals surface area contributed by atoms with E-state index in [0.717, 1.165) is 42.0 Å². The summed E-state index contributed by atoms with van der Waals surface area (Å²) in [6.07, 6.45) is 1.78. The molecule has 1 saturated heterocycles. The molecule has 0 amide bonds. The van der Waals surface area contributed by atoms with Crippen LogP contribution < -0.4 is 4.90 Å². The van der Waals surface area contributed by atoms with Crippen LogP contribution in [0.25, 0.3) is 0 Å². The number of rotatable bonds is 2. The van der Waals surface area contributed by atoms with Gasteiger partial charge >= 0.3 is 0 Å². The van der Waals surface area contributed by atoms with Gasteiger partial charge in [0.2, 0.25) is 0 Å². The maximum absolute atomic E-state index is 9.33. The fourth-order valence-corrected chi connectivity index (χ4v) is 2.27. The van der Waals surface area contributed by atoms with E-state index in [1.54, 1.807) is 6.20 Å². The molecule has 1 aliphatic rings. The molecule has 1 fully saturated rings. The number of aliphatic hydroxyl groups excluding tert-OH is 1. The third-order valence-electron chi connectivity index (χ3n) is 2.88. The van der Waals surface area contributed by atoms with Crippen molar-refractivity contribution < 1.29 is 5.11 Å². The van der Waals surface area contributed by atoms with Gasteiger partial charge in [0.1, 0.15) is 5.82 Å². The summed E-state index contributed by atoms with van der Waals surface area (Å²) in [7, 11) is 2.12. The predicted molar refractivity (Wildman–Crippen MR) is 67.6 cm³/mol. The number of pyridine rings is 1. The summed E-state index contributed by atoms with van der Waals surface area (Å²) in [6.45, 7) is 4.07. The van der Waals surface area contributed by atoms with Crippen LogP contribution in [-0.4, -0.2) is 48.2 Å². The highest BCUT2D eigenvalue weighted by molar-refractivity contribution is 9.10. The first-order chi connectivity index (χ1) is 7.70. The Bertz CT molecular complexity index is 364. The highest BCUT2D eigenvalue weighted by Gasteiger charge is 2.17. The summed E-state index contributed by atoms with van der Waals surface area (Å²) in [4.78, 5) is 8.93. The van der Waals surface area contributed by atoms with Gasteiger partial charge in [-0.15, -0.1) is 0 Å². The second kappa shape index (κ2) is 5.12. The number of anilines is 1. The molecule has 88 valence electrons. The van der Waals surface area contributed by atoms with Crippen LogP contribution in [0.3, 0.4) is 0 Å². The van der Waals surface area contributed by atoms with Crippen molar-refractivity contribution in [1.29, 1.82) is 0 Å². The number of halogens is 1. The molecule has 0 saturated carbocycles. The van der Waals surface area contributed by atoms with Crippen LogP contribution >= 0.6 is 15.9 Å². The van der Waals surface area contributed by atoms with Crippen molar-refractivity contribution >= 4 is 21.7 Å². The monoisotopic (exact) mass is 285 g/mol. The second-order valence-electron chi connectivity index (χ2n) is 4.08. The molecule has 1 aliphatic heterocycles. The lowest BCUT2D eigenvalue weighted by Gasteiger charge is -2.34. The van der Waals surface area contributed by atoms with Crippen LogP contribution in [0.15, 0.2) is 16.7 Å². The highest BCUT2D eigenvalue weighted by Crippen LogP contribution is 2.22. The molecule has 16 heavy (non-hydrogen) atoms. The molecule has 4 nitrogen and oxygen atoms in total. The van der Waals surface area contributed by atoms with Gasteiger partial charge in [-0.1, -0.05) is 0 Å². The maximum atomic E-state index is 9.33. The number of likely N-dealkylation sites (N-methyl/N-ethyl adjacent to an activating group) is 1. The lowest BCUT2D eigenvalue weighted by atomic mass is 10.2. The van der Waals surface area contributed by atoms with Gasteiger partial charge < -0.3 is 14.9 Å². The van der Waals surface area contributed by atoms with Crippen LogP contribution in [-0.2, 0) is 6.61 Å². The van der Waals surface area contributed by atoms with E-state index in [9.17, 15) is 5.11 Å². The zero-order valence-corrected chi connectivity index (χ0v) is 10.9. The van der Waals surface area contributed by atoms with Crippen molar-refractivity contribution in [1.82, 2.24) is 9.88 Å². The average molecular weight is 286 g/mol. The number of hydrogen-bond acceptors (Lipinski definition) is 4. The summed E-state index contributed by atoms with van der Waals surface area (Å²) in [5, 5.41) is 9.33. The van der Waals surface area contributed by atoms with Crippen molar-refractivity contribution in [2.75, 3.05) is 38.1 Å². The van der Waals surface area contributed by atoms with Crippen LogP contribution in [0, 0.1) is 0 Å². The summed E-state index contributed by atoms with van der Waals surface area (Å²) < 4.78 is 0.912. The number of nitrogens with zero attached hydrogens (tertiary/aromatic N) is 3. The first kappa shape index (κ1) is 11.8. The smallest absolute Gasteiger partial charge is 0.134 e. The normalized spacial score (nSPS) is 17.8. The van der Waals surface area contributed by atoms with Crippen LogP contribution in [0.5, 0.6) is 0 Å². The van der Waals surface area contributed by atoms with Crippen LogP contribution in [0.2, 0.25) is 0 Å². The van der Waals surface area contributed by atoms with Gasteiger partial charge in [-0.2, -0.15) is 0 Å². The topological polar surface area (TPSA) is 39.6 Å². The van der Waals surface area contributed by atoms with E-state index in [4.69, 9.17) is 0 Å². The standard InChI is InChI=1S/C11H16BrN3O/c1-14-2-4-15(5-3-14)11-9(8-16)6-10(12)7-13-11/h6-7,16H,2-5,8H2,1H3. The van der Waals surface area contributed by atoms with E-state index in [1.807, 2.05) is 6.07 Å². The number of piperazine rings is 1. The highest BCUT2D eigenvalue weighted by atomic mass is 79.9. The first-order valence-corrected chi connectivity index (χ1v) is 6.19. The van der Waals surface area contributed by atoms with Crippen LogP contribution in [0.4, 0.5) is 5.82 Å². The minimum atomic E-state index is 0.0358. The average Bonchev–Trinajstić information content (AvgIpc) is 2.30. The fraction of sp³-hybridized carbons (Fsp3) is 0.545. The zero-order chi connectivity index (χ0) is 11.5. The molecule has 0 spiro atoms. The SMILES string of the molecule is CN1CCN(c2ncc(Br)cc2CO)CC1. The Hall–Kier alpha value is -0.650. The van der Waals surface area contributed by atoms with Crippen LogP contribution in [0.1, 0.15) is 5.56 Å². The van der Waals surface area contributed by atoms with Gasteiger partial charge in [-0.3, -0.25) is 0 Å². The van der Waals surface area contributed by atoms with Crippen molar-refractivity contribution in [3.8, 4) is 0 Å². The molecule has 5 heteroatoms. The van der Waals surface area contributed by atoms with Crippen molar-refractivity contribution in [3.63, 3.8) is 0 Å². The lowest BCUT2D eigenvalue weighted by Crippen LogP contribution is -2.45. The Morgan fingerprint density at radius 2 is 2.06 bits per heavy atom. The van der Waals surface area contributed by atoms with E-state index in [0.29, 0.717) is 0 Å². The van der Waals surface area contributed by atoms with Gasteiger partial charge in [0, 0.05) is 42.4 Å². The summed E-state index contributed by atoms with van der Waals surface area (Å²) in [6, 6.07) is 1.93. The molecule has 0 unspecified atom stereocenters. The van der Waals surface area contributed by atoms with E-state index in [1.165, 1.54) is 0 Å². The summed E-state index contributed by atoms with van der Waals surface area (Å²) in [5.74, 6) is 0.916. The van der Waals surface area contributed by atoms with Gasteiger partial charge in [-0.05, 0) is 29.0 Å². The molecule has 1 N–H and O–H groups in total. The van der Waals surface area contributed by atoms with Gasteiger partial charge in [0.25, 0.3) is 0 Å². The Morgan fingerprint density at radius 3 is 2.69 bits per heavy atom. The predicted octanol–water partition coefficient (Wildman–Crippen LogP) is 1.09. The molecule has 2 heterocycles. The summed E-state index contributed by atoms with van der Waals surface area (Å²) >= 11 is 3.37. The second-order valence-corrected chi connectivity index (χ2v) is 5.00. The molecular weight excluding hydrogens is 270 g/mol. The van der Waals surface area contributed by atoms with E-state index in [-0.39, 0.29) is 6.61 Å². The molecule has 0 aromatic carbocycles. The third-order valence-corrected chi connectivity index (χ3v) is 3.32. The first-order valence-electron chi connectivity index (χ1n) is 5.39. The van der Waals surface area contributed by atoms with Crippen molar-refractivity contribution in [2.24, 2.45) is 0 Å². The van der Waals surface area contributed by atoms with E-state index in [2.05, 4.69) is 37.8 Å². The van der Waals surface area contributed by atoms with Gasteiger partial charge in [-0.25, -0.2) is 4.98 Å². The largest absolute Gasteiger partial charge is 0.392 e. The number of aliphatic hydroxyl groups is 1. The van der Waals surface area contributed by atoms with E-state index < -0.39 is 0 Å². The minimum absolute atomic E-state index is 0.0358. The molecular formula is C11H16BrN3O. The quantitative estimate of drug-likeness (QED) is 0.883. The minimum Gasteiger partial charge on any atom is -0.392 e. The molecule has 0 aliphatic carbocycles.